The number of thioether (sulfide) groups is 1. The van der Waals surface area contributed by atoms with Gasteiger partial charge in [0.1, 0.15) is 0 Å². The van der Waals surface area contributed by atoms with E-state index in [4.69, 9.17) is 0 Å². The van der Waals surface area contributed by atoms with Gasteiger partial charge < -0.3 is 5.32 Å². The lowest BCUT2D eigenvalue weighted by Gasteiger charge is -2.12. The number of hydrogen-bond acceptors (Lipinski definition) is 2. The zero-order valence-electron chi connectivity index (χ0n) is 8.84. The fraction of sp³-hybridized carbons (Fsp3) is 0.500. The quantitative estimate of drug-likeness (QED) is 0.799. The molecule has 2 heteroatoms. The van der Waals surface area contributed by atoms with Gasteiger partial charge in [0.25, 0.3) is 0 Å². The second kappa shape index (κ2) is 4.37. The van der Waals surface area contributed by atoms with Crippen molar-refractivity contribution in [3.05, 3.63) is 29.3 Å². The maximum Gasteiger partial charge on any atom is 0.0580 e. The summed E-state index contributed by atoms with van der Waals surface area (Å²) in [6.45, 7) is 5.53. The van der Waals surface area contributed by atoms with E-state index in [-0.39, 0.29) is 0 Å². The Morgan fingerprint density at radius 2 is 2.21 bits per heavy atom. The van der Waals surface area contributed by atoms with Gasteiger partial charge in [-0.05, 0) is 50.4 Å². The molecule has 1 aliphatic heterocycles. The molecule has 1 fully saturated rings. The summed E-state index contributed by atoms with van der Waals surface area (Å²) < 4.78 is 0. The predicted octanol–water partition coefficient (Wildman–Crippen LogP) is 3.11. The van der Waals surface area contributed by atoms with Gasteiger partial charge in [0.15, 0.2) is 0 Å². The van der Waals surface area contributed by atoms with Crippen molar-refractivity contribution in [3.8, 4) is 0 Å². The number of nitrogens with one attached hydrogen (secondary N) is 1. The maximum atomic E-state index is 3.51. The summed E-state index contributed by atoms with van der Waals surface area (Å²) in [5.41, 5.74) is 2.75. The molecular weight excluding hydrogens is 190 g/mol. The van der Waals surface area contributed by atoms with E-state index < -0.39 is 0 Å². The summed E-state index contributed by atoms with van der Waals surface area (Å²) in [6, 6.07) is 6.69. The van der Waals surface area contributed by atoms with Gasteiger partial charge in [0.05, 0.1) is 5.37 Å². The topological polar surface area (TPSA) is 12.0 Å². The molecule has 1 aromatic rings. The van der Waals surface area contributed by atoms with Gasteiger partial charge in [-0.15, -0.1) is 11.8 Å². The third-order valence-electron chi connectivity index (χ3n) is 2.63. The van der Waals surface area contributed by atoms with Crippen LogP contribution in [0.15, 0.2) is 23.1 Å². The summed E-state index contributed by atoms with van der Waals surface area (Å²) in [7, 11) is 0. The van der Waals surface area contributed by atoms with E-state index in [1.165, 1.54) is 35.4 Å². The average Bonchev–Trinajstić information content (AvgIpc) is 2.64. The molecule has 1 aromatic carbocycles. The first-order valence-electron chi connectivity index (χ1n) is 5.23. The van der Waals surface area contributed by atoms with E-state index >= 15 is 0 Å². The minimum Gasteiger partial charge on any atom is -0.305 e. The molecule has 1 unspecified atom stereocenters. The van der Waals surface area contributed by atoms with Crippen molar-refractivity contribution in [2.75, 3.05) is 6.54 Å². The monoisotopic (exact) mass is 207 g/mol. The normalized spacial score (nSPS) is 21.4. The van der Waals surface area contributed by atoms with Crippen LogP contribution in [0.25, 0.3) is 0 Å². The number of benzene rings is 1. The lowest BCUT2D eigenvalue weighted by molar-refractivity contribution is 0.805. The first kappa shape index (κ1) is 10.1. The summed E-state index contributed by atoms with van der Waals surface area (Å²) >= 11 is 1.98. The summed E-state index contributed by atoms with van der Waals surface area (Å²) in [5, 5.41) is 4.15. The Bertz CT molecular complexity index is 316. The highest BCUT2D eigenvalue weighted by Crippen LogP contribution is 2.30. The standard InChI is InChI=1S/C12H17NS/c1-9-5-6-10(2)11(8-9)14-12-4-3-7-13-12/h5-6,8,12-13H,3-4,7H2,1-2H3. The van der Waals surface area contributed by atoms with Crippen LogP contribution in [0.5, 0.6) is 0 Å². The zero-order chi connectivity index (χ0) is 9.97. The average molecular weight is 207 g/mol. The van der Waals surface area contributed by atoms with E-state index in [2.05, 4.69) is 37.4 Å². The van der Waals surface area contributed by atoms with Crippen molar-refractivity contribution < 1.29 is 0 Å². The van der Waals surface area contributed by atoms with Gasteiger partial charge in [-0.1, -0.05) is 12.1 Å². The lowest BCUT2D eigenvalue weighted by Crippen LogP contribution is -2.17. The molecule has 1 aliphatic rings. The highest BCUT2D eigenvalue weighted by molar-refractivity contribution is 8.00. The van der Waals surface area contributed by atoms with Gasteiger partial charge in [-0.3, -0.25) is 0 Å². The second-order valence-electron chi connectivity index (χ2n) is 3.97. The van der Waals surface area contributed by atoms with Gasteiger partial charge >= 0.3 is 0 Å². The molecule has 1 N–H and O–H groups in total. The minimum absolute atomic E-state index is 0.635. The SMILES string of the molecule is Cc1ccc(C)c(SC2CCCN2)c1. The third kappa shape index (κ3) is 2.31. The Morgan fingerprint density at radius 1 is 1.36 bits per heavy atom. The van der Waals surface area contributed by atoms with Crippen LogP contribution in [0, 0.1) is 13.8 Å². The first-order chi connectivity index (χ1) is 6.75. The Balaban J connectivity index is 2.10. The van der Waals surface area contributed by atoms with E-state index in [1.54, 1.807) is 0 Å². The van der Waals surface area contributed by atoms with Crippen molar-refractivity contribution >= 4 is 11.8 Å². The molecule has 0 bridgehead atoms. The van der Waals surface area contributed by atoms with Crippen molar-refractivity contribution in [3.63, 3.8) is 0 Å². The molecule has 0 aliphatic carbocycles. The number of aryl methyl sites for hydroxylation is 2. The summed E-state index contributed by atoms with van der Waals surface area (Å²) in [4.78, 5) is 1.43. The second-order valence-corrected chi connectivity index (χ2v) is 5.22. The first-order valence-corrected chi connectivity index (χ1v) is 6.11. The molecule has 1 nitrogen and oxygen atoms in total. The number of rotatable bonds is 2. The van der Waals surface area contributed by atoms with Gasteiger partial charge in [0, 0.05) is 4.90 Å². The molecule has 0 aromatic heterocycles. The van der Waals surface area contributed by atoms with Gasteiger partial charge in [0.2, 0.25) is 0 Å². The van der Waals surface area contributed by atoms with Crippen molar-refractivity contribution in [1.82, 2.24) is 5.32 Å². The molecule has 1 atom stereocenters. The Labute approximate surface area is 90.3 Å². The van der Waals surface area contributed by atoms with Crippen LogP contribution in [-0.2, 0) is 0 Å². The van der Waals surface area contributed by atoms with Crippen LogP contribution in [0.1, 0.15) is 24.0 Å². The van der Waals surface area contributed by atoms with Gasteiger partial charge in [-0.2, -0.15) is 0 Å². The lowest BCUT2D eigenvalue weighted by atomic mass is 10.2. The van der Waals surface area contributed by atoms with Crippen molar-refractivity contribution in [2.24, 2.45) is 0 Å². The van der Waals surface area contributed by atoms with Crippen molar-refractivity contribution in [2.45, 2.75) is 37.0 Å². The fourth-order valence-corrected chi connectivity index (χ4v) is 3.04. The van der Waals surface area contributed by atoms with Crippen LogP contribution in [0.3, 0.4) is 0 Å². The van der Waals surface area contributed by atoms with Crippen LogP contribution in [0.2, 0.25) is 0 Å². The minimum atomic E-state index is 0.635. The Hall–Kier alpha value is -0.470. The zero-order valence-corrected chi connectivity index (χ0v) is 9.66. The molecule has 1 heterocycles. The molecule has 0 saturated carbocycles. The van der Waals surface area contributed by atoms with E-state index in [9.17, 15) is 0 Å². The summed E-state index contributed by atoms with van der Waals surface area (Å²) in [6.07, 6.45) is 2.63. The van der Waals surface area contributed by atoms with Crippen molar-refractivity contribution in [1.29, 1.82) is 0 Å². The van der Waals surface area contributed by atoms with E-state index in [0.717, 1.165) is 0 Å². The fourth-order valence-electron chi connectivity index (χ4n) is 1.74. The Morgan fingerprint density at radius 3 is 2.93 bits per heavy atom. The van der Waals surface area contributed by atoms with E-state index in [1.807, 2.05) is 11.8 Å². The van der Waals surface area contributed by atoms with E-state index in [0.29, 0.717) is 5.37 Å². The van der Waals surface area contributed by atoms with Crippen LogP contribution < -0.4 is 5.32 Å². The molecule has 14 heavy (non-hydrogen) atoms. The molecule has 2 rings (SSSR count). The molecule has 1 saturated heterocycles. The molecule has 76 valence electrons. The molecule has 0 spiro atoms. The van der Waals surface area contributed by atoms with Crippen LogP contribution >= 0.6 is 11.8 Å². The number of hydrogen-bond donors (Lipinski definition) is 1. The molecule has 0 radical (unpaired) electrons. The molecule has 0 amide bonds. The highest BCUT2D eigenvalue weighted by atomic mass is 32.2. The highest BCUT2D eigenvalue weighted by Gasteiger charge is 2.15. The van der Waals surface area contributed by atoms with Crippen LogP contribution in [-0.4, -0.2) is 11.9 Å². The maximum absolute atomic E-state index is 3.51. The van der Waals surface area contributed by atoms with Crippen LogP contribution in [0.4, 0.5) is 0 Å². The largest absolute Gasteiger partial charge is 0.305 e. The summed E-state index contributed by atoms with van der Waals surface area (Å²) in [5.74, 6) is 0. The van der Waals surface area contributed by atoms with Gasteiger partial charge in [-0.25, -0.2) is 0 Å². The smallest absolute Gasteiger partial charge is 0.0580 e. The Kier molecular flexibility index (Phi) is 3.14. The third-order valence-corrected chi connectivity index (χ3v) is 4.01. The molecular formula is C12H17NS. The predicted molar refractivity (Wildman–Crippen MR) is 62.8 cm³/mol.